The highest BCUT2D eigenvalue weighted by molar-refractivity contribution is 5.77. The third-order valence-corrected chi connectivity index (χ3v) is 2.47. The minimum Gasteiger partial charge on any atom is -0.481 e. The highest BCUT2D eigenvalue weighted by Crippen LogP contribution is 2.02. The van der Waals surface area contributed by atoms with E-state index >= 15 is 0 Å². The topological polar surface area (TPSA) is 99.5 Å². The van der Waals surface area contributed by atoms with Gasteiger partial charge in [-0.05, 0) is 24.6 Å². The van der Waals surface area contributed by atoms with Crippen LogP contribution in [0.5, 0.6) is 0 Å². The van der Waals surface area contributed by atoms with E-state index in [4.69, 9.17) is 10.2 Å². The van der Waals surface area contributed by atoms with Gasteiger partial charge in [-0.25, -0.2) is 0 Å². The second-order valence-corrected chi connectivity index (χ2v) is 3.95. The van der Waals surface area contributed by atoms with Crippen LogP contribution in [0.3, 0.4) is 0 Å². The first-order valence-electron chi connectivity index (χ1n) is 5.64. The maximum absolute atomic E-state index is 10.8. The summed E-state index contributed by atoms with van der Waals surface area (Å²) in [6.45, 7) is 0.747. The van der Waals surface area contributed by atoms with Crippen LogP contribution < -0.4 is 5.32 Å². The van der Waals surface area contributed by atoms with Crippen LogP contribution in [0, 0.1) is 5.92 Å². The molecule has 0 fully saturated rings. The Bertz CT molecular complexity index is 394. The predicted octanol–water partition coefficient (Wildman–Crippen LogP) is 0.389. The molecule has 6 nitrogen and oxygen atoms in total. The predicted molar refractivity (Wildman–Crippen MR) is 64.2 cm³/mol. The van der Waals surface area contributed by atoms with Gasteiger partial charge in [0.15, 0.2) is 0 Å². The zero-order valence-corrected chi connectivity index (χ0v) is 9.87. The monoisotopic (exact) mass is 252 g/mol. The van der Waals surface area contributed by atoms with Crippen molar-refractivity contribution >= 4 is 11.9 Å². The summed E-state index contributed by atoms with van der Waals surface area (Å²) in [4.78, 5) is 25.2. The van der Waals surface area contributed by atoms with E-state index in [0.717, 1.165) is 12.0 Å². The number of hydrogen-bond acceptors (Lipinski definition) is 4. The van der Waals surface area contributed by atoms with Gasteiger partial charge in [0.05, 0.1) is 12.3 Å². The van der Waals surface area contributed by atoms with E-state index in [2.05, 4.69) is 10.3 Å². The molecule has 0 aliphatic carbocycles. The molecule has 18 heavy (non-hydrogen) atoms. The molecule has 0 saturated carbocycles. The molecule has 1 rings (SSSR count). The molecule has 1 aromatic rings. The summed E-state index contributed by atoms with van der Waals surface area (Å²) in [5.41, 5.74) is 1.05. The van der Waals surface area contributed by atoms with Crippen LogP contribution in [0.25, 0.3) is 0 Å². The number of nitrogens with zero attached hydrogens (tertiary/aromatic N) is 1. The number of carbonyl (C=O) groups is 2. The molecule has 3 N–H and O–H groups in total. The van der Waals surface area contributed by atoms with E-state index in [0.29, 0.717) is 6.54 Å². The van der Waals surface area contributed by atoms with Gasteiger partial charge in [0.1, 0.15) is 0 Å². The highest BCUT2D eigenvalue weighted by atomic mass is 16.4. The van der Waals surface area contributed by atoms with Crippen molar-refractivity contribution in [3.05, 3.63) is 30.1 Å². The molecule has 1 aromatic heterocycles. The molecule has 1 atom stereocenters. The number of nitrogens with one attached hydrogen (secondary N) is 1. The Morgan fingerprint density at radius 1 is 1.39 bits per heavy atom. The Hall–Kier alpha value is -1.95. The first-order valence-corrected chi connectivity index (χ1v) is 5.64. The number of aliphatic carboxylic acids is 2. The summed E-state index contributed by atoms with van der Waals surface area (Å²) < 4.78 is 0. The first kappa shape index (κ1) is 14.1. The number of rotatable bonds is 8. The summed E-state index contributed by atoms with van der Waals surface area (Å²) >= 11 is 0. The summed E-state index contributed by atoms with van der Waals surface area (Å²) in [6, 6.07) is 3.76. The Morgan fingerprint density at radius 2 is 2.17 bits per heavy atom. The van der Waals surface area contributed by atoms with E-state index in [1.54, 1.807) is 12.4 Å². The highest BCUT2D eigenvalue weighted by Gasteiger charge is 2.20. The van der Waals surface area contributed by atoms with Crippen molar-refractivity contribution in [1.29, 1.82) is 0 Å². The fraction of sp³-hybridized carbons (Fsp3) is 0.417. The van der Waals surface area contributed by atoms with Crippen LogP contribution in [0.2, 0.25) is 0 Å². The molecular formula is C12H16N2O4. The third-order valence-electron chi connectivity index (χ3n) is 2.47. The molecule has 98 valence electrons. The first-order chi connectivity index (χ1) is 8.59. The summed E-state index contributed by atoms with van der Waals surface area (Å²) in [6.07, 6.45) is 3.79. The fourth-order valence-corrected chi connectivity index (χ4v) is 1.51. The molecule has 0 saturated heterocycles. The van der Waals surface area contributed by atoms with Gasteiger partial charge in [0.25, 0.3) is 0 Å². The summed E-state index contributed by atoms with van der Waals surface area (Å²) in [5, 5.41) is 20.3. The number of aromatic nitrogens is 1. The lowest BCUT2D eigenvalue weighted by Gasteiger charge is -2.10. The zero-order chi connectivity index (χ0) is 13.4. The van der Waals surface area contributed by atoms with Gasteiger partial charge in [-0.1, -0.05) is 6.07 Å². The molecule has 1 unspecified atom stereocenters. The average Bonchev–Trinajstić information content (AvgIpc) is 2.33. The van der Waals surface area contributed by atoms with Gasteiger partial charge in [0, 0.05) is 18.9 Å². The van der Waals surface area contributed by atoms with Crippen LogP contribution in [-0.4, -0.2) is 40.2 Å². The van der Waals surface area contributed by atoms with Crippen molar-refractivity contribution < 1.29 is 19.8 Å². The van der Waals surface area contributed by atoms with Gasteiger partial charge in [-0.15, -0.1) is 0 Å². The number of carboxylic acid groups (broad SMARTS) is 2. The van der Waals surface area contributed by atoms with Crippen LogP contribution >= 0.6 is 0 Å². The second-order valence-electron chi connectivity index (χ2n) is 3.95. The number of hydrogen-bond donors (Lipinski definition) is 3. The summed E-state index contributed by atoms with van der Waals surface area (Å²) in [5.74, 6) is -3.08. The van der Waals surface area contributed by atoms with Gasteiger partial charge in [0.2, 0.25) is 0 Å². The van der Waals surface area contributed by atoms with Crippen molar-refractivity contribution in [2.75, 3.05) is 13.1 Å². The van der Waals surface area contributed by atoms with Crippen LogP contribution in [0.1, 0.15) is 12.0 Å². The quantitative estimate of drug-likeness (QED) is 0.579. The lowest BCUT2D eigenvalue weighted by Crippen LogP contribution is -2.31. The summed E-state index contributed by atoms with van der Waals surface area (Å²) in [7, 11) is 0. The molecule has 0 spiro atoms. The fourth-order valence-electron chi connectivity index (χ4n) is 1.51. The molecule has 0 aromatic carbocycles. The Balaban J connectivity index is 2.27. The molecule has 6 heteroatoms. The normalized spacial score (nSPS) is 12.0. The molecule has 0 aliphatic rings. The number of pyridine rings is 1. The molecule has 0 aliphatic heterocycles. The molecule has 0 radical (unpaired) electrons. The van der Waals surface area contributed by atoms with Crippen molar-refractivity contribution in [2.24, 2.45) is 5.92 Å². The second kappa shape index (κ2) is 7.39. The van der Waals surface area contributed by atoms with Gasteiger partial charge >= 0.3 is 11.9 Å². The van der Waals surface area contributed by atoms with Gasteiger partial charge < -0.3 is 15.5 Å². The molecule has 1 heterocycles. The lowest BCUT2D eigenvalue weighted by molar-refractivity contribution is -0.148. The Labute approximate surface area is 105 Å². The van der Waals surface area contributed by atoms with Crippen molar-refractivity contribution in [3.8, 4) is 0 Å². The number of carboxylic acids is 2. The van der Waals surface area contributed by atoms with E-state index < -0.39 is 17.9 Å². The van der Waals surface area contributed by atoms with E-state index in [1.165, 1.54) is 0 Å². The van der Waals surface area contributed by atoms with E-state index in [1.807, 2.05) is 12.1 Å². The zero-order valence-electron chi connectivity index (χ0n) is 9.87. The van der Waals surface area contributed by atoms with Crippen LogP contribution in [0.15, 0.2) is 24.5 Å². The van der Waals surface area contributed by atoms with Gasteiger partial charge in [-0.3, -0.25) is 14.6 Å². The smallest absolute Gasteiger partial charge is 0.308 e. The van der Waals surface area contributed by atoms with Crippen LogP contribution in [-0.2, 0) is 16.0 Å². The molecule has 0 bridgehead atoms. The molecular weight excluding hydrogens is 236 g/mol. The van der Waals surface area contributed by atoms with Crippen molar-refractivity contribution in [2.45, 2.75) is 12.8 Å². The SMILES string of the molecule is O=C(O)CC(CNCCc1cccnc1)C(=O)O. The van der Waals surface area contributed by atoms with E-state index in [-0.39, 0.29) is 13.0 Å². The Morgan fingerprint density at radius 3 is 2.72 bits per heavy atom. The Kier molecular flexibility index (Phi) is 5.79. The van der Waals surface area contributed by atoms with E-state index in [9.17, 15) is 9.59 Å². The lowest BCUT2D eigenvalue weighted by atomic mass is 10.1. The average molecular weight is 252 g/mol. The minimum absolute atomic E-state index is 0.155. The standard InChI is InChI=1S/C12H16N2O4/c15-11(16)6-10(12(17)18)8-14-5-3-9-2-1-4-13-7-9/h1-2,4,7,10,14H,3,5-6,8H2,(H,15,16)(H,17,18). The van der Waals surface area contributed by atoms with Crippen LogP contribution in [0.4, 0.5) is 0 Å². The largest absolute Gasteiger partial charge is 0.481 e. The maximum Gasteiger partial charge on any atom is 0.308 e. The van der Waals surface area contributed by atoms with Crippen molar-refractivity contribution in [3.63, 3.8) is 0 Å². The molecule has 0 amide bonds. The van der Waals surface area contributed by atoms with Crippen molar-refractivity contribution in [1.82, 2.24) is 10.3 Å². The maximum atomic E-state index is 10.8. The minimum atomic E-state index is -1.10. The van der Waals surface area contributed by atoms with Gasteiger partial charge in [-0.2, -0.15) is 0 Å². The third kappa shape index (κ3) is 5.40.